The number of rotatable bonds is 4. The molecule has 1 amide bonds. The summed E-state index contributed by atoms with van der Waals surface area (Å²) in [5.74, 6) is -2.34. The molecule has 0 aliphatic carbocycles. The Hall–Kier alpha value is -1.89. The van der Waals surface area contributed by atoms with Crippen molar-refractivity contribution in [3.63, 3.8) is 0 Å². The third-order valence-corrected chi connectivity index (χ3v) is 2.56. The number of piperazine rings is 1. The van der Waals surface area contributed by atoms with Gasteiger partial charge in [-0.1, -0.05) is 0 Å². The van der Waals surface area contributed by atoms with Crippen molar-refractivity contribution in [3.8, 4) is 0 Å². The molecule has 1 saturated heterocycles. The zero-order chi connectivity index (χ0) is 13.5. The molecule has 0 aromatic heterocycles. The molecule has 0 radical (unpaired) electrons. The molecule has 0 aromatic rings. The Labute approximate surface area is 105 Å². The van der Waals surface area contributed by atoms with Gasteiger partial charge in [-0.2, -0.15) is 0 Å². The van der Waals surface area contributed by atoms with Crippen LogP contribution in [0.2, 0.25) is 0 Å². The van der Waals surface area contributed by atoms with Crippen molar-refractivity contribution < 1.29 is 24.2 Å². The second kappa shape index (κ2) is 6.75. The summed E-state index contributed by atoms with van der Waals surface area (Å²) in [5.41, 5.74) is 0. The number of aliphatic carboxylic acids is 1. The van der Waals surface area contributed by atoms with E-state index >= 15 is 0 Å². The van der Waals surface area contributed by atoms with E-state index in [2.05, 4.69) is 9.64 Å². The fourth-order valence-electron chi connectivity index (χ4n) is 1.47. The van der Waals surface area contributed by atoms with E-state index in [1.807, 2.05) is 7.05 Å². The van der Waals surface area contributed by atoms with E-state index in [0.717, 1.165) is 19.2 Å². The molecule has 0 saturated carbocycles. The third kappa shape index (κ3) is 4.96. The predicted molar refractivity (Wildman–Crippen MR) is 61.8 cm³/mol. The molecule has 0 atom stereocenters. The van der Waals surface area contributed by atoms with Crippen LogP contribution >= 0.6 is 0 Å². The van der Waals surface area contributed by atoms with E-state index in [1.54, 1.807) is 4.90 Å². The van der Waals surface area contributed by atoms with Crippen molar-refractivity contribution in [2.24, 2.45) is 0 Å². The average molecular weight is 256 g/mol. The van der Waals surface area contributed by atoms with Crippen LogP contribution in [0.5, 0.6) is 0 Å². The highest BCUT2D eigenvalue weighted by Gasteiger charge is 2.19. The van der Waals surface area contributed by atoms with Gasteiger partial charge in [-0.05, 0) is 7.05 Å². The highest BCUT2D eigenvalue weighted by Crippen LogP contribution is 2.00. The molecule has 1 rings (SSSR count). The number of ether oxygens (including phenoxy) is 1. The number of esters is 1. The van der Waals surface area contributed by atoms with Crippen molar-refractivity contribution in [3.05, 3.63) is 12.2 Å². The molecule has 1 fully saturated rings. The van der Waals surface area contributed by atoms with Crippen molar-refractivity contribution in [2.75, 3.05) is 39.8 Å². The molecule has 1 N–H and O–H groups in total. The summed E-state index contributed by atoms with van der Waals surface area (Å²) in [4.78, 5) is 36.5. The number of amides is 1. The number of carboxylic acids is 1. The number of carboxylic acid groups (broad SMARTS) is 1. The van der Waals surface area contributed by atoms with E-state index in [0.29, 0.717) is 19.2 Å². The topological polar surface area (TPSA) is 87.2 Å². The molecule has 7 heteroatoms. The second-order valence-corrected chi connectivity index (χ2v) is 3.96. The monoisotopic (exact) mass is 256 g/mol. The summed E-state index contributed by atoms with van der Waals surface area (Å²) in [7, 11) is 1.97. The van der Waals surface area contributed by atoms with Crippen molar-refractivity contribution in [1.29, 1.82) is 0 Å². The molecule has 0 unspecified atom stereocenters. The highest BCUT2D eigenvalue weighted by molar-refractivity contribution is 5.91. The lowest BCUT2D eigenvalue weighted by Gasteiger charge is -2.32. The molecule has 7 nitrogen and oxygen atoms in total. The number of carbonyl (C=O) groups is 3. The summed E-state index contributed by atoms with van der Waals surface area (Å²) >= 11 is 0. The molecular formula is C11H16N2O5. The molecule has 18 heavy (non-hydrogen) atoms. The van der Waals surface area contributed by atoms with E-state index in [1.165, 1.54) is 0 Å². The Balaban J connectivity index is 2.28. The van der Waals surface area contributed by atoms with Gasteiger partial charge in [-0.3, -0.25) is 4.79 Å². The van der Waals surface area contributed by atoms with Crippen LogP contribution in [0.25, 0.3) is 0 Å². The number of carbonyl (C=O) groups excluding carboxylic acids is 2. The van der Waals surface area contributed by atoms with Gasteiger partial charge in [0.2, 0.25) is 0 Å². The number of likely N-dealkylation sites (N-methyl/N-ethyl adjacent to an activating group) is 1. The first-order valence-electron chi connectivity index (χ1n) is 5.53. The zero-order valence-electron chi connectivity index (χ0n) is 10.2. The average Bonchev–Trinajstić information content (AvgIpc) is 2.34. The van der Waals surface area contributed by atoms with E-state index < -0.39 is 11.9 Å². The van der Waals surface area contributed by atoms with E-state index in [9.17, 15) is 14.4 Å². The highest BCUT2D eigenvalue weighted by atomic mass is 16.5. The Kier molecular flexibility index (Phi) is 5.31. The van der Waals surface area contributed by atoms with Crippen molar-refractivity contribution in [1.82, 2.24) is 9.80 Å². The maximum absolute atomic E-state index is 11.6. The van der Waals surface area contributed by atoms with Gasteiger partial charge < -0.3 is 19.6 Å². The van der Waals surface area contributed by atoms with Gasteiger partial charge in [0.25, 0.3) is 5.91 Å². The smallest absolute Gasteiger partial charge is 0.331 e. The van der Waals surface area contributed by atoms with Crippen LogP contribution in [0.3, 0.4) is 0 Å². The van der Waals surface area contributed by atoms with Gasteiger partial charge in [0.05, 0.1) is 0 Å². The number of hydrogen-bond acceptors (Lipinski definition) is 5. The number of nitrogens with zero attached hydrogens (tertiary/aromatic N) is 2. The molecule has 1 aliphatic heterocycles. The van der Waals surface area contributed by atoms with E-state index in [4.69, 9.17) is 5.11 Å². The van der Waals surface area contributed by atoms with Crippen LogP contribution < -0.4 is 0 Å². The lowest BCUT2D eigenvalue weighted by molar-refractivity contribution is -0.149. The molecule has 0 aromatic carbocycles. The van der Waals surface area contributed by atoms with Gasteiger partial charge in [-0.25, -0.2) is 9.59 Å². The van der Waals surface area contributed by atoms with Gasteiger partial charge in [-0.15, -0.1) is 0 Å². The van der Waals surface area contributed by atoms with Gasteiger partial charge in [0.1, 0.15) is 0 Å². The minimum absolute atomic E-state index is 0.264. The first-order valence-corrected chi connectivity index (χ1v) is 5.53. The zero-order valence-corrected chi connectivity index (χ0v) is 10.2. The third-order valence-electron chi connectivity index (χ3n) is 2.56. The first kappa shape index (κ1) is 14.2. The minimum atomic E-state index is -1.24. The predicted octanol–water partition coefficient (Wildman–Crippen LogP) is -1.06. The van der Waals surface area contributed by atoms with Crippen molar-refractivity contribution >= 4 is 17.8 Å². The van der Waals surface area contributed by atoms with Gasteiger partial charge >= 0.3 is 11.9 Å². The summed E-state index contributed by atoms with van der Waals surface area (Å²) in [6, 6.07) is 0. The Morgan fingerprint density at radius 1 is 1.17 bits per heavy atom. The lowest BCUT2D eigenvalue weighted by atomic mass is 10.3. The van der Waals surface area contributed by atoms with Crippen LogP contribution in [0.4, 0.5) is 0 Å². The number of hydrogen-bond donors (Lipinski definition) is 1. The summed E-state index contributed by atoms with van der Waals surface area (Å²) in [5, 5.41) is 8.29. The molecule has 0 spiro atoms. The van der Waals surface area contributed by atoms with Crippen LogP contribution in [0.15, 0.2) is 12.2 Å². The fraction of sp³-hybridized carbons (Fsp3) is 0.545. The van der Waals surface area contributed by atoms with Crippen molar-refractivity contribution in [2.45, 2.75) is 0 Å². The molecular weight excluding hydrogens is 240 g/mol. The quantitative estimate of drug-likeness (QED) is 0.510. The second-order valence-electron chi connectivity index (χ2n) is 3.96. The summed E-state index contributed by atoms with van der Waals surface area (Å²) < 4.78 is 4.64. The Morgan fingerprint density at radius 3 is 2.33 bits per heavy atom. The van der Waals surface area contributed by atoms with Crippen LogP contribution in [0, 0.1) is 0 Å². The van der Waals surface area contributed by atoms with E-state index in [-0.39, 0.29) is 12.5 Å². The molecule has 1 aliphatic rings. The standard InChI is InChI=1S/C11H16N2O5/c1-12-4-6-13(7-5-12)9(14)8-18-11(17)3-2-10(15)16/h2-3H,4-8H2,1H3,(H,15,16). The van der Waals surface area contributed by atoms with Crippen LogP contribution in [0.1, 0.15) is 0 Å². The molecule has 1 heterocycles. The normalized spacial score (nSPS) is 16.8. The largest absolute Gasteiger partial charge is 0.478 e. The summed E-state index contributed by atoms with van der Waals surface area (Å²) in [6.45, 7) is 2.44. The lowest BCUT2D eigenvalue weighted by Crippen LogP contribution is -2.48. The first-order chi connectivity index (χ1) is 8.49. The van der Waals surface area contributed by atoms with Crippen LogP contribution in [-0.4, -0.2) is 72.6 Å². The van der Waals surface area contributed by atoms with Crippen LogP contribution in [-0.2, 0) is 19.1 Å². The minimum Gasteiger partial charge on any atom is -0.478 e. The molecule has 100 valence electrons. The SMILES string of the molecule is CN1CCN(C(=O)COC(=O)C=CC(=O)O)CC1. The van der Waals surface area contributed by atoms with Gasteiger partial charge in [0.15, 0.2) is 6.61 Å². The Morgan fingerprint density at radius 2 is 1.78 bits per heavy atom. The maximum atomic E-state index is 11.6. The maximum Gasteiger partial charge on any atom is 0.331 e. The van der Waals surface area contributed by atoms with Gasteiger partial charge in [0, 0.05) is 38.3 Å². The fourth-order valence-corrected chi connectivity index (χ4v) is 1.47. The molecule has 0 bridgehead atoms. The Bertz CT molecular complexity index is 358. The summed E-state index contributed by atoms with van der Waals surface area (Å²) in [6.07, 6.45) is 1.45.